The van der Waals surface area contributed by atoms with E-state index in [-0.39, 0.29) is 12.2 Å². The Labute approximate surface area is 139 Å². The summed E-state index contributed by atoms with van der Waals surface area (Å²) in [6.45, 7) is 2.52. The molecule has 1 N–H and O–H groups in total. The van der Waals surface area contributed by atoms with Gasteiger partial charge >= 0.3 is 0 Å². The zero-order valence-corrected chi connectivity index (χ0v) is 13.8. The van der Waals surface area contributed by atoms with Crippen molar-refractivity contribution >= 4 is 0 Å². The molecule has 1 fully saturated rings. The standard InChI is InChI=1S/C20H27NO2/c22-19-13-15-11-17(21-9-5-2-6-10-21)12-16(15)14-20(19)23-18-7-3-1-4-8-18/h1,3-4,7-8,17,19-20,22H,2,5-6,9-14H2/t17-,19+,20-/m0/s1. The van der Waals surface area contributed by atoms with Crippen LogP contribution >= 0.6 is 0 Å². The minimum absolute atomic E-state index is 0.0868. The molecule has 3 heteroatoms. The number of ether oxygens (including phenoxy) is 1. The summed E-state index contributed by atoms with van der Waals surface area (Å²) in [5.74, 6) is 0.867. The van der Waals surface area contributed by atoms with Gasteiger partial charge in [0.1, 0.15) is 11.9 Å². The Morgan fingerprint density at radius 2 is 1.57 bits per heavy atom. The van der Waals surface area contributed by atoms with Crippen molar-refractivity contribution < 1.29 is 9.84 Å². The van der Waals surface area contributed by atoms with Crippen LogP contribution in [0.3, 0.4) is 0 Å². The molecule has 0 unspecified atom stereocenters. The van der Waals surface area contributed by atoms with Crippen molar-refractivity contribution in [2.24, 2.45) is 0 Å². The number of nitrogens with zero attached hydrogens (tertiary/aromatic N) is 1. The lowest BCUT2D eigenvalue weighted by Crippen LogP contribution is -2.38. The van der Waals surface area contributed by atoms with E-state index in [9.17, 15) is 5.11 Å². The number of piperidine rings is 1. The van der Waals surface area contributed by atoms with Gasteiger partial charge in [-0.3, -0.25) is 4.90 Å². The van der Waals surface area contributed by atoms with E-state index < -0.39 is 0 Å². The summed E-state index contributed by atoms with van der Waals surface area (Å²) < 4.78 is 6.06. The van der Waals surface area contributed by atoms with Crippen LogP contribution in [0.4, 0.5) is 0 Å². The number of hydrogen-bond acceptors (Lipinski definition) is 3. The van der Waals surface area contributed by atoms with Crippen molar-refractivity contribution in [2.45, 2.75) is 63.2 Å². The molecule has 0 aromatic heterocycles. The molecule has 0 amide bonds. The molecule has 1 aromatic rings. The maximum atomic E-state index is 10.5. The number of hydrogen-bond donors (Lipinski definition) is 1. The Bertz CT molecular complexity index is 562. The molecule has 0 radical (unpaired) electrons. The van der Waals surface area contributed by atoms with E-state index in [0.717, 1.165) is 18.6 Å². The van der Waals surface area contributed by atoms with Crippen molar-refractivity contribution in [3.8, 4) is 5.75 Å². The summed E-state index contributed by atoms with van der Waals surface area (Å²) in [5, 5.41) is 10.5. The van der Waals surface area contributed by atoms with Crippen LogP contribution in [0, 0.1) is 0 Å². The predicted molar refractivity (Wildman–Crippen MR) is 91.6 cm³/mol. The van der Waals surface area contributed by atoms with Crippen LogP contribution in [-0.4, -0.2) is 41.3 Å². The highest BCUT2D eigenvalue weighted by molar-refractivity contribution is 5.29. The van der Waals surface area contributed by atoms with Gasteiger partial charge in [-0.15, -0.1) is 0 Å². The first kappa shape index (κ1) is 15.2. The number of para-hydroxylation sites is 1. The molecule has 1 saturated heterocycles. The Balaban J connectivity index is 1.40. The van der Waals surface area contributed by atoms with E-state index in [2.05, 4.69) is 4.90 Å². The summed E-state index contributed by atoms with van der Waals surface area (Å²) >= 11 is 0. The largest absolute Gasteiger partial charge is 0.487 e. The maximum Gasteiger partial charge on any atom is 0.128 e. The summed E-state index contributed by atoms with van der Waals surface area (Å²) in [5.41, 5.74) is 3.08. The van der Waals surface area contributed by atoms with Crippen molar-refractivity contribution in [2.75, 3.05) is 13.1 Å². The minimum atomic E-state index is -0.367. The lowest BCUT2D eigenvalue weighted by atomic mass is 9.89. The Hall–Kier alpha value is -1.32. The van der Waals surface area contributed by atoms with Gasteiger partial charge in [0, 0.05) is 12.5 Å². The van der Waals surface area contributed by atoms with Crippen LogP contribution in [-0.2, 0) is 0 Å². The second kappa shape index (κ2) is 6.66. The van der Waals surface area contributed by atoms with Crippen LogP contribution in [0.1, 0.15) is 44.9 Å². The van der Waals surface area contributed by atoms with E-state index in [4.69, 9.17) is 4.74 Å². The van der Waals surface area contributed by atoms with Gasteiger partial charge in [-0.05, 0) is 57.3 Å². The molecule has 23 heavy (non-hydrogen) atoms. The molecular weight excluding hydrogens is 286 g/mol. The first-order valence-electron chi connectivity index (χ1n) is 9.13. The first-order valence-corrected chi connectivity index (χ1v) is 9.13. The van der Waals surface area contributed by atoms with Gasteiger partial charge in [-0.1, -0.05) is 35.8 Å². The molecule has 0 saturated carbocycles. The zero-order valence-electron chi connectivity index (χ0n) is 13.8. The average Bonchev–Trinajstić information content (AvgIpc) is 3.00. The fourth-order valence-electron chi connectivity index (χ4n) is 4.48. The molecular formula is C20H27NO2. The maximum absolute atomic E-state index is 10.5. The molecule has 0 spiro atoms. The zero-order chi connectivity index (χ0) is 15.6. The van der Waals surface area contributed by atoms with E-state index in [1.54, 1.807) is 5.57 Å². The lowest BCUT2D eigenvalue weighted by molar-refractivity contribution is 0.0306. The molecule has 1 aliphatic heterocycles. The van der Waals surface area contributed by atoms with Gasteiger partial charge in [-0.2, -0.15) is 0 Å². The van der Waals surface area contributed by atoms with Crippen LogP contribution in [0.5, 0.6) is 5.75 Å². The molecule has 1 aromatic carbocycles. The summed E-state index contributed by atoms with van der Waals surface area (Å²) in [7, 11) is 0. The molecule has 1 heterocycles. The smallest absolute Gasteiger partial charge is 0.128 e. The van der Waals surface area contributed by atoms with Crippen molar-refractivity contribution in [1.29, 1.82) is 0 Å². The first-order chi connectivity index (χ1) is 11.3. The van der Waals surface area contributed by atoms with E-state index in [1.165, 1.54) is 50.8 Å². The van der Waals surface area contributed by atoms with Gasteiger partial charge in [-0.25, -0.2) is 0 Å². The topological polar surface area (TPSA) is 32.7 Å². The fourth-order valence-corrected chi connectivity index (χ4v) is 4.48. The summed E-state index contributed by atoms with van der Waals surface area (Å²) in [4.78, 5) is 2.68. The molecule has 3 nitrogen and oxygen atoms in total. The van der Waals surface area contributed by atoms with Gasteiger partial charge in [0.2, 0.25) is 0 Å². The van der Waals surface area contributed by atoms with Gasteiger partial charge in [0.15, 0.2) is 0 Å². The number of likely N-dealkylation sites (tertiary alicyclic amines) is 1. The molecule has 3 aliphatic rings. The van der Waals surface area contributed by atoms with Gasteiger partial charge < -0.3 is 9.84 Å². The third-order valence-electron chi connectivity index (χ3n) is 5.73. The van der Waals surface area contributed by atoms with Gasteiger partial charge in [0.25, 0.3) is 0 Å². The third-order valence-corrected chi connectivity index (χ3v) is 5.73. The minimum Gasteiger partial charge on any atom is -0.487 e. The van der Waals surface area contributed by atoms with Gasteiger partial charge in [0.05, 0.1) is 6.10 Å². The highest BCUT2D eigenvalue weighted by Crippen LogP contribution is 2.40. The molecule has 124 valence electrons. The van der Waals surface area contributed by atoms with Crippen LogP contribution in [0.15, 0.2) is 41.5 Å². The fraction of sp³-hybridized carbons (Fsp3) is 0.600. The van der Waals surface area contributed by atoms with Crippen molar-refractivity contribution in [3.63, 3.8) is 0 Å². The highest BCUT2D eigenvalue weighted by atomic mass is 16.5. The monoisotopic (exact) mass is 313 g/mol. The average molecular weight is 313 g/mol. The number of aliphatic hydroxyl groups excluding tert-OH is 1. The Morgan fingerprint density at radius 3 is 2.30 bits per heavy atom. The molecule has 4 rings (SSSR count). The van der Waals surface area contributed by atoms with Crippen LogP contribution in [0.25, 0.3) is 0 Å². The number of benzene rings is 1. The normalized spacial score (nSPS) is 32.0. The Kier molecular flexibility index (Phi) is 4.41. The predicted octanol–water partition coefficient (Wildman–Crippen LogP) is 3.53. The second-order valence-corrected chi connectivity index (χ2v) is 7.31. The molecule has 2 aliphatic carbocycles. The number of aliphatic hydroxyl groups is 1. The van der Waals surface area contributed by atoms with Crippen molar-refractivity contribution in [1.82, 2.24) is 4.90 Å². The van der Waals surface area contributed by atoms with Crippen molar-refractivity contribution in [3.05, 3.63) is 41.5 Å². The SMILES string of the molecule is O[C@@H]1CC2=C(C[C@@H](N3CCCCC3)C2)C[C@@H]1Oc1ccccc1. The van der Waals surface area contributed by atoms with Crippen LogP contribution in [0.2, 0.25) is 0 Å². The summed E-state index contributed by atoms with van der Waals surface area (Å²) in [6.07, 6.45) is 7.70. The van der Waals surface area contributed by atoms with Crippen LogP contribution < -0.4 is 4.74 Å². The summed E-state index contributed by atoms with van der Waals surface area (Å²) in [6, 6.07) is 10.6. The van der Waals surface area contributed by atoms with E-state index in [1.807, 2.05) is 30.3 Å². The second-order valence-electron chi connectivity index (χ2n) is 7.31. The Morgan fingerprint density at radius 1 is 0.870 bits per heavy atom. The van der Waals surface area contributed by atoms with E-state index in [0.29, 0.717) is 6.04 Å². The molecule has 3 atom stereocenters. The number of rotatable bonds is 3. The molecule has 0 bridgehead atoms. The van der Waals surface area contributed by atoms with E-state index >= 15 is 0 Å². The quantitative estimate of drug-likeness (QED) is 0.867. The third kappa shape index (κ3) is 3.31. The highest BCUT2D eigenvalue weighted by Gasteiger charge is 2.37. The lowest BCUT2D eigenvalue weighted by Gasteiger charge is -2.32.